The smallest absolute Gasteiger partial charge is 0.274 e. The molecule has 5 nitrogen and oxygen atoms in total. The fraction of sp³-hybridized carbons (Fsp3) is 0.391. The number of nitrogens with zero attached hydrogens (tertiary/aromatic N) is 2. The molecule has 0 bridgehead atoms. The molecular formula is C23H26N2O3S. The third-order valence-electron chi connectivity index (χ3n) is 5.50. The van der Waals surface area contributed by atoms with E-state index in [1.807, 2.05) is 53.4 Å². The van der Waals surface area contributed by atoms with Crippen LogP contribution in [0.4, 0.5) is 0 Å². The summed E-state index contributed by atoms with van der Waals surface area (Å²) in [6.07, 6.45) is 2.57. The van der Waals surface area contributed by atoms with Crippen molar-refractivity contribution in [2.24, 2.45) is 0 Å². The second kappa shape index (κ2) is 8.82. The Morgan fingerprint density at radius 3 is 2.66 bits per heavy atom. The first-order chi connectivity index (χ1) is 14.2. The molecule has 1 atom stereocenters. The number of piperidine rings is 1. The minimum atomic E-state index is -0.0621. The Balaban J connectivity index is 1.36. The lowest BCUT2D eigenvalue weighted by Crippen LogP contribution is -2.43. The van der Waals surface area contributed by atoms with E-state index < -0.39 is 0 Å². The maximum atomic E-state index is 13.0. The van der Waals surface area contributed by atoms with Crippen LogP contribution in [0.25, 0.3) is 10.2 Å². The minimum Gasteiger partial charge on any atom is -0.497 e. The molecule has 0 spiro atoms. The Morgan fingerprint density at radius 1 is 1.21 bits per heavy atom. The van der Waals surface area contributed by atoms with E-state index in [0.29, 0.717) is 5.19 Å². The van der Waals surface area contributed by atoms with Crippen molar-refractivity contribution in [3.05, 3.63) is 54.1 Å². The molecule has 4 rings (SSSR count). The maximum absolute atomic E-state index is 13.0. The Labute approximate surface area is 175 Å². The molecule has 1 unspecified atom stereocenters. The van der Waals surface area contributed by atoms with Gasteiger partial charge in [-0.2, -0.15) is 0 Å². The van der Waals surface area contributed by atoms with Gasteiger partial charge in [0.15, 0.2) is 0 Å². The number of likely N-dealkylation sites (tertiary alicyclic amines) is 1. The summed E-state index contributed by atoms with van der Waals surface area (Å²) >= 11 is 1.55. The van der Waals surface area contributed by atoms with E-state index in [-0.39, 0.29) is 17.9 Å². The van der Waals surface area contributed by atoms with Gasteiger partial charge in [-0.05, 0) is 24.1 Å². The van der Waals surface area contributed by atoms with Crippen LogP contribution >= 0.6 is 11.3 Å². The second-order valence-corrected chi connectivity index (χ2v) is 8.32. The van der Waals surface area contributed by atoms with E-state index in [4.69, 9.17) is 9.47 Å². The molecule has 0 N–H and O–H groups in total. The van der Waals surface area contributed by atoms with Crippen molar-refractivity contribution >= 4 is 27.5 Å². The van der Waals surface area contributed by atoms with E-state index >= 15 is 0 Å². The Morgan fingerprint density at radius 2 is 1.97 bits per heavy atom. The Kier molecular flexibility index (Phi) is 6.00. The second-order valence-electron chi connectivity index (χ2n) is 7.33. The number of hydrogen-bond donors (Lipinski definition) is 0. The molecule has 0 radical (unpaired) electrons. The van der Waals surface area contributed by atoms with Crippen LogP contribution < -0.4 is 9.47 Å². The number of benzene rings is 2. The Bertz CT molecular complexity index is 965. The monoisotopic (exact) mass is 410 g/mol. The van der Waals surface area contributed by atoms with Gasteiger partial charge >= 0.3 is 0 Å². The lowest BCUT2D eigenvalue weighted by atomic mass is 9.94. The van der Waals surface area contributed by atoms with Crippen LogP contribution in [-0.2, 0) is 4.79 Å². The number of carbonyl (C=O) groups excluding carboxylic acids is 1. The van der Waals surface area contributed by atoms with Gasteiger partial charge in [0.2, 0.25) is 5.91 Å². The van der Waals surface area contributed by atoms with Crippen molar-refractivity contribution in [1.29, 1.82) is 0 Å². The summed E-state index contributed by atoms with van der Waals surface area (Å²) in [5, 5.41) is 0.689. The summed E-state index contributed by atoms with van der Waals surface area (Å²) in [4.78, 5) is 19.6. The standard InChI is InChI=1S/C23H26N2O3S/c1-3-19(16-7-5-4-6-8-16)22(26)25-13-11-17(12-14-25)28-23-24-20-15-18(27-2)9-10-21(20)29-23/h4-10,15,17,19H,3,11-14H2,1-2H3. The number of carbonyl (C=O) groups is 1. The number of fused-ring (bicyclic) bond motifs is 1. The van der Waals surface area contributed by atoms with Crippen LogP contribution in [0.3, 0.4) is 0 Å². The molecule has 1 saturated heterocycles. The van der Waals surface area contributed by atoms with Crippen molar-refractivity contribution in [2.45, 2.75) is 38.2 Å². The number of hydrogen-bond acceptors (Lipinski definition) is 5. The highest BCUT2D eigenvalue weighted by Crippen LogP contribution is 2.32. The summed E-state index contributed by atoms with van der Waals surface area (Å²) in [6.45, 7) is 3.53. The zero-order chi connectivity index (χ0) is 20.2. The zero-order valence-corrected chi connectivity index (χ0v) is 17.7. The average molecular weight is 411 g/mol. The molecule has 1 fully saturated rings. The minimum absolute atomic E-state index is 0.0621. The highest BCUT2D eigenvalue weighted by molar-refractivity contribution is 7.20. The van der Waals surface area contributed by atoms with E-state index in [0.717, 1.165) is 53.9 Å². The van der Waals surface area contributed by atoms with Gasteiger partial charge in [-0.1, -0.05) is 48.6 Å². The largest absolute Gasteiger partial charge is 0.497 e. The molecule has 2 aromatic carbocycles. The molecule has 2 heterocycles. The number of amides is 1. The highest BCUT2D eigenvalue weighted by Gasteiger charge is 2.29. The molecule has 0 saturated carbocycles. The first-order valence-corrected chi connectivity index (χ1v) is 10.9. The van der Waals surface area contributed by atoms with E-state index in [1.165, 1.54) is 0 Å². The van der Waals surface area contributed by atoms with E-state index in [2.05, 4.69) is 11.9 Å². The van der Waals surface area contributed by atoms with Gasteiger partial charge in [0.25, 0.3) is 5.19 Å². The first kappa shape index (κ1) is 19.7. The van der Waals surface area contributed by atoms with Gasteiger partial charge < -0.3 is 14.4 Å². The molecule has 152 valence electrons. The predicted octanol–water partition coefficient (Wildman–Crippen LogP) is 4.87. The van der Waals surface area contributed by atoms with E-state index in [1.54, 1.807) is 18.4 Å². The number of rotatable bonds is 6. The lowest BCUT2D eigenvalue weighted by Gasteiger charge is -2.33. The zero-order valence-electron chi connectivity index (χ0n) is 16.8. The molecule has 29 heavy (non-hydrogen) atoms. The average Bonchev–Trinajstić information content (AvgIpc) is 3.16. The third-order valence-corrected chi connectivity index (χ3v) is 6.43. The van der Waals surface area contributed by atoms with Crippen molar-refractivity contribution in [3.8, 4) is 10.9 Å². The number of aromatic nitrogens is 1. The summed E-state index contributed by atoms with van der Waals surface area (Å²) in [6, 6.07) is 15.9. The predicted molar refractivity (Wildman–Crippen MR) is 116 cm³/mol. The van der Waals surface area contributed by atoms with Gasteiger partial charge in [-0.25, -0.2) is 4.98 Å². The van der Waals surface area contributed by atoms with Crippen LogP contribution in [0.5, 0.6) is 10.9 Å². The van der Waals surface area contributed by atoms with Gasteiger partial charge in [0, 0.05) is 32.0 Å². The molecule has 1 amide bonds. The number of thiazole rings is 1. The molecule has 0 aliphatic carbocycles. The maximum Gasteiger partial charge on any atom is 0.274 e. The van der Waals surface area contributed by atoms with Gasteiger partial charge in [0.1, 0.15) is 11.9 Å². The molecule has 6 heteroatoms. The summed E-state index contributed by atoms with van der Waals surface area (Å²) in [5.74, 6) is 0.960. The quantitative estimate of drug-likeness (QED) is 0.582. The van der Waals surface area contributed by atoms with Crippen LogP contribution in [0.2, 0.25) is 0 Å². The van der Waals surface area contributed by atoms with Gasteiger partial charge in [-0.15, -0.1) is 0 Å². The van der Waals surface area contributed by atoms with Crippen molar-refractivity contribution in [3.63, 3.8) is 0 Å². The fourth-order valence-corrected chi connectivity index (χ4v) is 4.72. The van der Waals surface area contributed by atoms with Crippen LogP contribution in [-0.4, -0.2) is 42.1 Å². The molecule has 1 aliphatic heterocycles. The Hall–Kier alpha value is -2.60. The van der Waals surface area contributed by atoms with Crippen molar-refractivity contribution in [1.82, 2.24) is 9.88 Å². The normalized spacial score (nSPS) is 16.0. The fourth-order valence-electron chi connectivity index (χ4n) is 3.86. The SMILES string of the molecule is CCC(C(=O)N1CCC(Oc2nc3cc(OC)ccc3s2)CC1)c1ccccc1. The summed E-state index contributed by atoms with van der Waals surface area (Å²) in [5.41, 5.74) is 1.99. The highest BCUT2D eigenvalue weighted by atomic mass is 32.1. The van der Waals surface area contributed by atoms with Gasteiger partial charge in [-0.3, -0.25) is 4.79 Å². The number of ether oxygens (including phenoxy) is 2. The van der Waals surface area contributed by atoms with Crippen LogP contribution in [0.1, 0.15) is 37.7 Å². The van der Waals surface area contributed by atoms with Crippen LogP contribution in [0, 0.1) is 0 Å². The lowest BCUT2D eigenvalue weighted by molar-refractivity contribution is -0.134. The first-order valence-electron chi connectivity index (χ1n) is 10.1. The molecule has 1 aliphatic rings. The summed E-state index contributed by atoms with van der Waals surface area (Å²) in [7, 11) is 1.65. The number of methoxy groups -OCH3 is 1. The van der Waals surface area contributed by atoms with Gasteiger partial charge in [0.05, 0.1) is 23.2 Å². The molecule has 3 aromatic rings. The van der Waals surface area contributed by atoms with E-state index in [9.17, 15) is 4.79 Å². The summed E-state index contributed by atoms with van der Waals surface area (Å²) < 4.78 is 12.5. The molecule has 1 aromatic heterocycles. The molecular weight excluding hydrogens is 384 g/mol. The van der Waals surface area contributed by atoms with Crippen LogP contribution in [0.15, 0.2) is 48.5 Å². The third kappa shape index (κ3) is 4.37. The topological polar surface area (TPSA) is 51.7 Å². The van der Waals surface area contributed by atoms with Crippen molar-refractivity contribution < 1.29 is 14.3 Å². The van der Waals surface area contributed by atoms with Crippen molar-refractivity contribution in [2.75, 3.05) is 20.2 Å².